The molecule has 12 heteroatoms. The van der Waals surface area contributed by atoms with E-state index in [0.717, 1.165) is 11.2 Å². The van der Waals surface area contributed by atoms with Gasteiger partial charge >= 0.3 is 0 Å². The maximum atomic E-state index is 12.5. The summed E-state index contributed by atoms with van der Waals surface area (Å²) in [5.74, 6) is 0. The quantitative estimate of drug-likeness (QED) is 0.486. The highest BCUT2D eigenvalue weighted by Gasteiger charge is 2.27. The third-order valence-electron chi connectivity index (χ3n) is 4.54. The minimum absolute atomic E-state index is 0.141. The lowest BCUT2D eigenvalue weighted by Crippen LogP contribution is -2.46. The van der Waals surface area contributed by atoms with Gasteiger partial charge in [-0.05, 0) is 19.1 Å². The number of rotatable bonds is 8. The van der Waals surface area contributed by atoms with E-state index in [1.165, 1.54) is 19.2 Å². The van der Waals surface area contributed by atoms with Crippen molar-refractivity contribution in [2.75, 3.05) is 49.7 Å². The summed E-state index contributed by atoms with van der Waals surface area (Å²) >= 11 is 1.55. The molecule has 1 unspecified atom stereocenters. The highest BCUT2D eigenvalue weighted by atomic mass is 32.2. The number of benzene rings is 1. The normalized spacial score (nSPS) is 16.1. The van der Waals surface area contributed by atoms with E-state index in [-0.39, 0.29) is 17.2 Å². The van der Waals surface area contributed by atoms with Crippen LogP contribution < -0.4 is 14.5 Å². The van der Waals surface area contributed by atoms with Crippen LogP contribution in [0, 0.1) is 10.1 Å². The molecule has 1 aromatic heterocycles. The number of hydrogen-bond acceptors (Lipinski definition) is 9. The van der Waals surface area contributed by atoms with E-state index < -0.39 is 21.0 Å². The van der Waals surface area contributed by atoms with Crippen molar-refractivity contribution in [3.8, 4) is 0 Å². The van der Waals surface area contributed by atoms with Gasteiger partial charge in [0.05, 0.1) is 16.4 Å². The second-order valence-electron chi connectivity index (χ2n) is 6.67. The Balaban J connectivity index is 1.79. The van der Waals surface area contributed by atoms with Crippen molar-refractivity contribution in [2.24, 2.45) is 0 Å². The lowest BCUT2D eigenvalue weighted by Gasteiger charge is -2.35. The van der Waals surface area contributed by atoms with Crippen LogP contribution in [0.25, 0.3) is 0 Å². The first kappa shape index (κ1) is 21.4. The molecule has 0 amide bonds. The lowest BCUT2D eigenvalue weighted by atomic mass is 10.2. The van der Waals surface area contributed by atoms with Crippen LogP contribution in [0.2, 0.25) is 0 Å². The summed E-state index contributed by atoms with van der Waals surface area (Å²) in [6.07, 6.45) is 1.75. The van der Waals surface area contributed by atoms with Gasteiger partial charge in [0.15, 0.2) is 5.13 Å². The summed E-state index contributed by atoms with van der Waals surface area (Å²) in [5, 5.41) is 14.5. The number of ether oxygens (including phenoxy) is 1. The average molecular weight is 442 g/mol. The van der Waals surface area contributed by atoms with Gasteiger partial charge in [0.25, 0.3) is 5.69 Å². The van der Waals surface area contributed by atoms with Crippen molar-refractivity contribution in [2.45, 2.75) is 17.9 Å². The predicted molar refractivity (Wildman–Crippen MR) is 111 cm³/mol. The lowest BCUT2D eigenvalue weighted by molar-refractivity contribution is -0.384. The van der Waals surface area contributed by atoms with Crippen molar-refractivity contribution >= 4 is 37.9 Å². The summed E-state index contributed by atoms with van der Waals surface area (Å²) < 4.78 is 32.5. The predicted octanol–water partition coefficient (Wildman–Crippen LogP) is 1.69. The van der Waals surface area contributed by atoms with Gasteiger partial charge < -0.3 is 14.5 Å². The number of thiazole rings is 1. The number of methoxy groups -OCH3 is 1. The Labute approximate surface area is 173 Å². The third kappa shape index (κ3) is 5.01. The Morgan fingerprint density at radius 1 is 1.31 bits per heavy atom. The Morgan fingerprint density at radius 2 is 2.00 bits per heavy atom. The zero-order valence-electron chi connectivity index (χ0n) is 16.1. The molecule has 158 valence electrons. The fourth-order valence-corrected chi connectivity index (χ4v) is 5.16. The minimum Gasteiger partial charge on any atom is -0.383 e. The number of anilines is 2. The van der Waals surface area contributed by atoms with Crippen molar-refractivity contribution in [1.82, 2.24) is 9.71 Å². The molecule has 1 aromatic carbocycles. The Kier molecular flexibility index (Phi) is 6.67. The molecule has 1 aliphatic heterocycles. The SMILES string of the molecule is COCC(C)NS(=O)(=O)c1ccc(N2CCN(c3nccs3)CC2)c([N+](=O)[O-])c1. The third-order valence-corrected chi connectivity index (χ3v) is 6.96. The Morgan fingerprint density at radius 3 is 2.59 bits per heavy atom. The van der Waals surface area contributed by atoms with Crippen LogP contribution in [0.15, 0.2) is 34.7 Å². The van der Waals surface area contributed by atoms with Gasteiger partial charge in [-0.15, -0.1) is 11.3 Å². The standard InChI is InChI=1S/C17H23N5O5S2/c1-13(12-27-2)19-29(25,26)14-3-4-15(16(11-14)22(23)24)20-6-8-21(9-7-20)17-18-5-10-28-17/h3-5,10-11,13,19H,6-9,12H2,1-2H3. The van der Waals surface area contributed by atoms with Gasteiger partial charge in [-0.1, -0.05) is 0 Å². The van der Waals surface area contributed by atoms with Crippen molar-refractivity contribution < 1.29 is 18.1 Å². The molecular formula is C17H23N5O5S2. The highest BCUT2D eigenvalue weighted by molar-refractivity contribution is 7.89. The molecule has 0 aliphatic carbocycles. The fourth-order valence-electron chi connectivity index (χ4n) is 3.21. The van der Waals surface area contributed by atoms with Gasteiger partial charge in [-0.2, -0.15) is 0 Å². The first-order chi connectivity index (χ1) is 13.8. The van der Waals surface area contributed by atoms with Crippen molar-refractivity contribution in [1.29, 1.82) is 0 Å². The van der Waals surface area contributed by atoms with Crippen molar-refractivity contribution in [3.63, 3.8) is 0 Å². The van der Waals surface area contributed by atoms with Gasteiger partial charge in [0.1, 0.15) is 5.69 Å². The second-order valence-corrected chi connectivity index (χ2v) is 9.26. The molecule has 10 nitrogen and oxygen atoms in total. The van der Waals surface area contributed by atoms with Gasteiger partial charge in [-0.3, -0.25) is 10.1 Å². The van der Waals surface area contributed by atoms with E-state index in [4.69, 9.17) is 4.74 Å². The zero-order valence-corrected chi connectivity index (χ0v) is 17.8. The molecular weight excluding hydrogens is 418 g/mol. The van der Waals surface area contributed by atoms with E-state index >= 15 is 0 Å². The number of nitrogens with zero attached hydrogens (tertiary/aromatic N) is 4. The minimum atomic E-state index is -3.89. The van der Waals surface area contributed by atoms with Crippen LogP contribution in [-0.4, -0.2) is 64.3 Å². The van der Waals surface area contributed by atoms with E-state index in [1.54, 1.807) is 24.5 Å². The number of nitrogens with one attached hydrogen (secondary N) is 1. The van der Waals surface area contributed by atoms with Crippen LogP contribution in [0.3, 0.4) is 0 Å². The van der Waals surface area contributed by atoms with Gasteiger partial charge in [-0.25, -0.2) is 18.1 Å². The monoisotopic (exact) mass is 441 g/mol. The molecule has 0 spiro atoms. The van der Waals surface area contributed by atoms with Crippen molar-refractivity contribution in [3.05, 3.63) is 39.9 Å². The molecule has 1 N–H and O–H groups in total. The molecule has 0 bridgehead atoms. The summed E-state index contributed by atoms with van der Waals surface area (Å²) in [7, 11) is -2.42. The average Bonchev–Trinajstić information content (AvgIpc) is 3.22. The molecule has 29 heavy (non-hydrogen) atoms. The summed E-state index contributed by atoms with van der Waals surface area (Å²) in [4.78, 5) is 19.3. The number of hydrogen-bond donors (Lipinski definition) is 1. The first-order valence-electron chi connectivity index (χ1n) is 9.01. The number of piperazine rings is 1. The Hall–Kier alpha value is -2.28. The van der Waals surface area contributed by atoms with Gasteiger partial charge in [0.2, 0.25) is 10.0 Å². The van der Waals surface area contributed by atoms with Crippen LogP contribution in [0.4, 0.5) is 16.5 Å². The molecule has 2 heterocycles. The number of sulfonamides is 1. The van der Waals surface area contributed by atoms with Crippen LogP contribution in [0.1, 0.15) is 6.92 Å². The number of nitro groups is 1. The zero-order chi connectivity index (χ0) is 21.0. The first-order valence-corrected chi connectivity index (χ1v) is 11.4. The maximum Gasteiger partial charge on any atom is 0.293 e. The molecule has 1 fully saturated rings. The second kappa shape index (κ2) is 9.03. The largest absolute Gasteiger partial charge is 0.383 e. The number of aromatic nitrogens is 1. The van der Waals surface area contributed by atoms with E-state index in [0.29, 0.717) is 31.9 Å². The molecule has 3 rings (SSSR count). The topological polar surface area (TPSA) is 118 Å². The summed E-state index contributed by atoms with van der Waals surface area (Å²) in [6.45, 7) is 4.38. The molecule has 1 atom stereocenters. The van der Waals surface area contributed by atoms with Crippen LogP contribution in [-0.2, 0) is 14.8 Å². The van der Waals surface area contributed by atoms with Gasteiger partial charge in [0, 0.05) is 57.0 Å². The Bertz CT molecular complexity index is 943. The molecule has 0 saturated carbocycles. The molecule has 1 saturated heterocycles. The summed E-state index contributed by atoms with van der Waals surface area (Å²) in [5.41, 5.74) is 0.188. The number of nitro benzene ring substituents is 1. The van der Waals surface area contributed by atoms with Crippen LogP contribution in [0.5, 0.6) is 0 Å². The van der Waals surface area contributed by atoms with E-state index in [9.17, 15) is 18.5 Å². The molecule has 0 radical (unpaired) electrons. The van der Waals surface area contributed by atoms with Crippen LogP contribution >= 0.6 is 11.3 Å². The summed E-state index contributed by atoms with van der Waals surface area (Å²) in [6, 6.07) is 3.57. The fraction of sp³-hybridized carbons (Fsp3) is 0.471. The molecule has 1 aliphatic rings. The molecule has 2 aromatic rings. The van der Waals surface area contributed by atoms with E-state index in [1.807, 2.05) is 10.3 Å². The highest BCUT2D eigenvalue weighted by Crippen LogP contribution is 2.32. The van der Waals surface area contributed by atoms with E-state index in [2.05, 4.69) is 14.6 Å². The maximum absolute atomic E-state index is 12.5. The smallest absolute Gasteiger partial charge is 0.293 e.